The van der Waals surface area contributed by atoms with Gasteiger partial charge in [0, 0.05) is 12.2 Å². The van der Waals surface area contributed by atoms with E-state index in [4.69, 9.17) is 4.74 Å². The first-order valence-corrected chi connectivity index (χ1v) is 9.43. The fraction of sp³-hybridized carbons (Fsp3) is 0.227. The summed E-state index contributed by atoms with van der Waals surface area (Å²) in [5.41, 5.74) is 2.07. The summed E-state index contributed by atoms with van der Waals surface area (Å²) >= 11 is 0. The zero-order chi connectivity index (χ0) is 20.6. The van der Waals surface area contributed by atoms with Crippen molar-refractivity contribution in [3.8, 4) is 5.75 Å². The molecule has 0 bridgehead atoms. The largest absolute Gasteiger partial charge is 0.492 e. The molecule has 29 heavy (non-hydrogen) atoms. The SMILES string of the molecule is CCOc1ccccc1NC(=O)c1cc(C)nc(NCCc2ccccc2F)n1. The van der Waals surface area contributed by atoms with Crippen LogP contribution in [0.1, 0.15) is 28.7 Å². The van der Waals surface area contributed by atoms with Crippen LogP contribution in [0.25, 0.3) is 0 Å². The first-order valence-electron chi connectivity index (χ1n) is 9.43. The van der Waals surface area contributed by atoms with Crippen LogP contribution in [0.4, 0.5) is 16.0 Å². The Hall–Kier alpha value is -3.48. The third-order valence-electron chi connectivity index (χ3n) is 4.16. The molecule has 0 atom stereocenters. The van der Waals surface area contributed by atoms with Crippen molar-refractivity contribution in [2.24, 2.45) is 0 Å². The molecule has 0 saturated heterocycles. The Labute approximate surface area is 169 Å². The minimum absolute atomic E-state index is 0.234. The van der Waals surface area contributed by atoms with Crippen molar-refractivity contribution in [3.63, 3.8) is 0 Å². The number of aryl methyl sites for hydroxylation is 1. The van der Waals surface area contributed by atoms with Gasteiger partial charge < -0.3 is 15.4 Å². The van der Waals surface area contributed by atoms with Gasteiger partial charge in [-0.15, -0.1) is 0 Å². The molecule has 1 heterocycles. The van der Waals surface area contributed by atoms with Crippen molar-refractivity contribution < 1.29 is 13.9 Å². The molecule has 3 aromatic rings. The van der Waals surface area contributed by atoms with Crippen molar-refractivity contribution in [1.82, 2.24) is 9.97 Å². The minimum atomic E-state index is -0.361. The zero-order valence-electron chi connectivity index (χ0n) is 16.4. The van der Waals surface area contributed by atoms with Crippen LogP contribution < -0.4 is 15.4 Å². The number of hydrogen-bond acceptors (Lipinski definition) is 5. The number of rotatable bonds is 8. The second kappa shape index (κ2) is 9.64. The molecule has 0 fully saturated rings. The van der Waals surface area contributed by atoms with E-state index in [9.17, 15) is 9.18 Å². The minimum Gasteiger partial charge on any atom is -0.492 e. The van der Waals surface area contributed by atoms with Gasteiger partial charge in [0.1, 0.15) is 17.3 Å². The molecule has 3 rings (SSSR count). The molecule has 2 aromatic carbocycles. The number of nitrogens with one attached hydrogen (secondary N) is 2. The van der Waals surface area contributed by atoms with Crippen LogP contribution in [-0.2, 0) is 6.42 Å². The fourth-order valence-electron chi connectivity index (χ4n) is 2.81. The number of benzene rings is 2. The first kappa shape index (κ1) is 20.3. The lowest BCUT2D eigenvalue weighted by Gasteiger charge is -2.12. The Bertz CT molecular complexity index is 994. The normalized spacial score (nSPS) is 10.4. The number of carbonyl (C=O) groups is 1. The molecule has 1 aromatic heterocycles. The van der Waals surface area contributed by atoms with Gasteiger partial charge in [0.2, 0.25) is 5.95 Å². The highest BCUT2D eigenvalue weighted by molar-refractivity contribution is 6.03. The van der Waals surface area contributed by atoms with Crippen LogP contribution in [0, 0.1) is 12.7 Å². The molecule has 150 valence electrons. The zero-order valence-corrected chi connectivity index (χ0v) is 16.4. The highest BCUT2D eigenvalue weighted by atomic mass is 19.1. The number of ether oxygens (including phenoxy) is 1. The second-order valence-corrected chi connectivity index (χ2v) is 6.37. The topological polar surface area (TPSA) is 76.1 Å². The monoisotopic (exact) mass is 394 g/mol. The molecule has 7 heteroatoms. The van der Waals surface area contributed by atoms with Crippen LogP contribution in [0.15, 0.2) is 54.6 Å². The number of aromatic nitrogens is 2. The summed E-state index contributed by atoms with van der Waals surface area (Å²) in [6.07, 6.45) is 0.479. The van der Waals surface area contributed by atoms with Crippen molar-refractivity contribution in [2.45, 2.75) is 20.3 Å². The van der Waals surface area contributed by atoms with Gasteiger partial charge in [-0.2, -0.15) is 0 Å². The van der Waals surface area contributed by atoms with Gasteiger partial charge in [-0.05, 0) is 50.1 Å². The van der Waals surface area contributed by atoms with Gasteiger partial charge in [-0.3, -0.25) is 4.79 Å². The van der Waals surface area contributed by atoms with Crippen LogP contribution in [0.3, 0.4) is 0 Å². The van der Waals surface area contributed by atoms with E-state index in [0.29, 0.717) is 48.2 Å². The third-order valence-corrected chi connectivity index (χ3v) is 4.16. The average molecular weight is 394 g/mol. The summed E-state index contributed by atoms with van der Waals surface area (Å²) in [6, 6.07) is 15.5. The lowest BCUT2D eigenvalue weighted by molar-refractivity contribution is 0.102. The molecular formula is C22H23FN4O2. The van der Waals surface area contributed by atoms with Crippen LogP contribution >= 0.6 is 0 Å². The molecule has 0 aliphatic carbocycles. The number of para-hydroxylation sites is 2. The van der Waals surface area contributed by atoms with E-state index in [1.165, 1.54) is 6.07 Å². The number of amides is 1. The van der Waals surface area contributed by atoms with Crippen molar-refractivity contribution in [2.75, 3.05) is 23.8 Å². The van der Waals surface area contributed by atoms with Crippen LogP contribution in [-0.4, -0.2) is 29.0 Å². The van der Waals surface area contributed by atoms with Crippen molar-refractivity contribution in [3.05, 3.63) is 77.4 Å². The molecule has 0 aliphatic rings. The van der Waals surface area contributed by atoms with E-state index in [-0.39, 0.29) is 17.4 Å². The lowest BCUT2D eigenvalue weighted by Crippen LogP contribution is -2.17. The van der Waals surface area contributed by atoms with Gasteiger partial charge >= 0.3 is 0 Å². The summed E-state index contributed by atoms with van der Waals surface area (Å²) in [5.74, 6) is 0.314. The van der Waals surface area contributed by atoms with Gasteiger partial charge in [-0.25, -0.2) is 14.4 Å². The number of halogens is 1. The lowest BCUT2D eigenvalue weighted by atomic mass is 10.1. The average Bonchev–Trinajstić information content (AvgIpc) is 2.71. The Morgan fingerprint density at radius 1 is 1.10 bits per heavy atom. The number of nitrogens with zero attached hydrogens (tertiary/aromatic N) is 2. The molecule has 0 radical (unpaired) electrons. The van der Waals surface area contributed by atoms with Crippen molar-refractivity contribution in [1.29, 1.82) is 0 Å². The Morgan fingerprint density at radius 2 is 1.86 bits per heavy atom. The quantitative estimate of drug-likeness (QED) is 0.598. The van der Waals surface area contributed by atoms with E-state index >= 15 is 0 Å². The molecule has 0 aliphatic heterocycles. The molecule has 2 N–H and O–H groups in total. The van der Waals surface area contributed by atoms with Crippen LogP contribution in [0.5, 0.6) is 5.75 Å². The van der Waals surface area contributed by atoms with Gasteiger partial charge in [-0.1, -0.05) is 30.3 Å². The maximum absolute atomic E-state index is 13.7. The standard InChI is InChI=1S/C22H23FN4O2/c1-3-29-20-11-7-6-10-18(20)26-21(28)19-14-15(2)25-22(27-19)24-13-12-16-8-4-5-9-17(16)23/h4-11,14H,3,12-13H2,1-2H3,(H,26,28)(H,24,25,27). The van der Waals surface area contributed by atoms with E-state index in [1.807, 2.05) is 19.1 Å². The molecule has 0 unspecified atom stereocenters. The Kier molecular flexibility index (Phi) is 6.73. The van der Waals surface area contributed by atoms with Gasteiger partial charge in [0.05, 0.1) is 12.3 Å². The highest BCUT2D eigenvalue weighted by Crippen LogP contribution is 2.24. The predicted octanol–water partition coefficient (Wildman–Crippen LogP) is 4.23. The smallest absolute Gasteiger partial charge is 0.274 e. The molecule has 1 amide bonds. The molecule has 6 nitrogen and oxygen atoms in total. The van der Waals surface area contributed by atoms with E-state index in [0.717, 1.165) is 0 Å². The summed E-state index contributed by atoms with van der Waals surface area (Å²) in [6.45, 7) is 4.61. The number of anilines is 2. The fourth-order valence-corrected chi connectivity index (χ4v) is 2.81. The Morgan fingerprint density at radius 3 is 2.66 bits per heavy atom. The molecular weight excluding hydrogens is 371 g/mol. The summed E-state index contributed by atoms with van der Waals surface area (Å²) in [7, 11) is 0. The van der Waals surface area contributed by atoms with Crippen LogP contribution in [0.2, 0.25) is 0 Å². The van der Waals surface area contributed by atoms with Gasteiger partial charge in [0.25, 0.3) is 5.91 Å². The van der Waals surface area contributed by atoms with E-state index in [1.54, 1.807) is 43.3 Å². The summed E-state index contributed by atoms with van der Waals surface area (Å²) in [4.78, 5) is 21.3. The highest BCUT2D eigenvalue weighted by Gasteiger charge is 2.13. The predicted molar refractivity (Wildman–Crippen MR) is 111 cm³/mol. The Balaban J connectivity index is 1.68. The van der Waals surface area contributed by atoms with E-state index in [2.05, 4.69) is 20.6 Å². The summed E-state index contributed by atoms with van der Waals surface area (Å²) in [5, 5.41) is 5.88. The number of carbonyl (C=O) groups excluding carboxylic acids is 1. The molecule has 0 saturated carbocycles. The summed E-state index contributed by atoms with van der Waals surface area (Å²) < 4.78 is 19.3. The van der Waals surface area contributed by atoms with Gasteiger partial charge in [0.15, 0.2) is 0 Å². The molecule has 0 spiro atoms. The number of hydrogen-bond donors (Lipinski definition) is 2. The first-order chi connectivity index (χ1) is 14.1. The third kappa shape index (κ3) is 5.51. The van der Waals surface area contributed by atoms with Crippen molar-refractivity contribution >= 4 is 17.5 Å². The maximum Gasteiger partial charge on any atom is 0.274 e. The maximum atomic E-state index is 13.7. The van der Waals surface area contributed by atoms with E-state index < -0.39 is 0 Å². The second-order valence-electron chi connectivity index (χ2n) is 6.37.